The molecule has 0 atom stereocenters. The molecule has 8 heteroatoms. The Bertz CT molecular complexity index is 1800. The van der Waals surface area contributed by atoms with Crippen LogP contribution in [-0.4, -0.2) is 48.9 Å². The molecule has 0 bridgehead atoms. The van der Waals surface area contributed by atoms with E-state index in [1.54, 1.807) is 44.6 Å². The van der Waals surface area contributed by atoms with Gasteiger partial charge in [-0.25, -0.2) is 8.78 Å². The molecular formula is C39H38F2N2O4. The van der Waals surface area contributed by atoms with Crippen molar-refractivity contribution in [3.63, 3.8) is 0 Å². The van der Waals surface area contributed by atoms with E-state index >= 15 is 0 Å². The van der Waals surface area contributed by atoms with Crippen LogP contribution in [0.1, 0.15) is 66.9 Å². The monoisotopic (exact) mass is 636 g/mol. The molecule has 0 unspecified atom stereocenters. The summed E-state index contributed by atoms with van der Waals surface area (Å²) >= 11 is 0. The van der Waals surface area contributed by atoms with Gasteiger partial charge in [0.15, 0.2) is 0 Å². The number of ether oxygens (including phenoxy) is 2. The van der Waals surface area contributed by atoms with Crippen LogP contribution in [-0.2, 0) is 31.6 Å². The molecule has 4 aromatic rings. The highest BCUT2D eigenvalue weighted by atomic mass is 19.1. The molecule has 0 saturated heterocycles. The fourth-order valence-corrected chi connectivity index (χ4v) is 6.12. The molecule has 4 aromatic carbocycles. The Hall–Kier alpha value is -4.98. The summed E-state index contributed by atoms with van der Waals surface area (Å²) in [5, 5.41) is 0. The maximum absolute atomic E-state index is 14.2. The lowest BCUT2D eigenvalue weighted by atomic mass is 9.94. The van der Waals surface area contributed by atoms with Crippen LogP contribution < -0.4 is 9.47 Å². The summed E-state index contributed by atoms with van der Waals surface area (Å²) in [5.74, 6) is 1.14. The van der Waals surface area contributed by atoms with Crippen LogP contribution in [0.5, 0.6) is 11.5 Å². The van der Waals surface area contributed by atoms with Crippen LogP contribution in [0.2, 0.25) is 0 Å². The van der Waals surface area contributed by atoms with Gasteiger partial charge in [0.25, 0.3) is 11.8 Å². The molecule has 0 N–H and O–H groups in total. The zero-order valence-corrected chi connectivity index (χ0v) is 26.7. The average Bonchev–Trinajstić information content (AvgIpc) is 3.86. The van der Waals surface area contributed by atoms with E-state index in [0.717, 1.165) is 52.2 Å². The Kier molecular flexibility index (Phi) is 9.12. The molecule has 47 heavy (non-hydrogen) atoms. The maximum Gasteiger partial charge on any atom is 0.254 e. The number of nitrogens with zero attached hydrogens (tertiary/aromatic N) is 2. The minimum atomic E-state index is -1.14. The molecule has 0 radical (unpaired) electrons. The summed E-state index contributed by atoms with van der Waals surface area (Å²) in [5.41, 5.74) is 5.39. The first-order valence-corrected chi connectivity index (χ1v) is 15.8. The fraction of sp³-hybridized carbons (Fsp3) is 0.282. The minimum absolute atomic E-state index is 0.0157. The van der Waals surface area contributed by atoms with Crippen molar-refractivity contribution in [2.24, 2.45) is 0 Å². The molecular weight excluding hydrogens is 598 g/mol. The summed E-state index contributed by atoms with van der Waals surface area (Å²) in [4.78, 5) is 29.0. The van der Waals surface area contributed by atoms with Crippen LogP contribution in [0.4, 0.5) is 8.78 Å². The normalized spacial score (nSPS) is 16.0. The number of hydrogen-bond acceptors (Lipinski definition) is 4. The topological polar surface area (TPSA) is 59.1 Å². The summed E-state index contributed by atoms with van der Waals surface area (Å²) in [6.07, 6.45) is 2.70. The third-order valence-electron chi connectivity index (χ3n) is 9.13. The van der Waals surface area contributed by atoms with E-state index in [0.29, 0.717) is 55.7 Å². The molecule has 1 fully saturated rings. The fourth-order valence-electron chi connectivity index (χ4n) is 6.12. The third kappa shape index (κ3) is 7.07. The number of methoxy groups -OCH3 is 2. The Balaban J connectivity index is 0.000000165. The van der Waals surface area contributed by atoms with Crippen molar-refractivity contribution < 1.29 is 27.8 Å². The lowest BCUT2D eigenvalue weighted by molar-refractivity contribution is 0.0719. The minimum Gasteiger partial charge on any atom is -0.497 e. The number of carbonyl (C=O) groups is 2. The van der Waals surface area contributed by atoms with Crippen LogP contribution in [0.25, 0.3) is 5.83 Å². The SMILES string of the molecule is C=C(F)c1ccc2c(c1)CCN(Cc1ccc(OC)cc1)C2=O.COc1ccc(CN2CCc3cc(C4(F)CC4)ccc3C2=O)cc1. The molecule has 2 heterocycles. The van der Waals surface area contributed by atoms with Gasteiger partial charge in [0.05, 0.1) is 14.2 Å². The quantitative estimate of drug-likeness (QED) is 0.199. The van der Waals surface area contributed by atoms with Gasteiger partial charge < -0.3 is 19.3 Å². The van der Waals surface area contributed by atoms with E-state index < -0.39 is 11.5 Å². The van der Waals surface area contributed by atoms with E-state index in [2.05, 4.69) is 6.58 Å². The Labute approximate surface area is 274 Å². The number of benzene rings is 4. The largest absolute Gasteiger partial charge is 0.497 e. The summed E-state index contributed by atoms with van der Waals surface area (Å²) < 4.78 is 37.7. The Morgan fingerprint density at radius 3 is 1.64 bits per heavy atom. The van der Waals surface area contributed by atoms with Crippen molar-refractivity contribution >= 4 is 17.6 Å². The van der Waals surface area contributed by atoms with Gasteiger partial charge in [0, 0.05) is 42.9 Å². The number of alkyl halides is 1. The standard InChI is InChI=1S/C20H20FNO2.C19H18FNO2/c1-24-17-5-2-14(3-6-17)13-22-11-8-15-12-16(20(21)9-10-20)4-7-18(15)19(22)23;1-13(20)15-5-8-18-16(11-15)9-10-21(19(18)22)12-14-3-6-17(23-2)7-4-14/h2-7,12H,8-11,13H2,1H3;3-8,11H,1,9-10,12H2,2H3. The number of halogens is 2. The Morgan fingerprint density at radius 1 is 0.723 bits per heavy atom. The summed E-state index contributed by atoms with van der Waals surface area (Å²) in [6, 6.07) is 25.9. The first-order valence-electron chi connectivity index (χ1n) is 15.8. The van der Waals surface area contributed by atoms with Crippen LogP contribution in [0.15, 0.2) is 91.5 Å². The van der Waals surface area contributed by atoms with Crippen molar-refractivity contribution in [1.29, 1.82) is 0 Å². The second-order valence-corrected chi connectivity index (χ2v) is 12.3. The first kappa shape index (κ1) is 32.0. The molecule has 242 valence electrons. The van der Waals surface area contributed by atoms with Crippen LogP contribution in [0.3, 0.4) is 0 Å². The molecule has 2 aliphatic heterocycles. The van der Waals surface area contributed by atoms with Gasteiger partial charge >= 0.3 is 0 Å². The number of fused-ring (bicyclic) bond motifs is 2. The first-order chi connectivity index (χ1) is 22.7. The molecule has 2 amide bonds. The smallest absolute Gasteiger partial charge is 0.254 e. The van der Waals surface area contributed by atoms with Crippen molar-refractivity contribution in [3.05, 3.63) is 136 Å². The Morgan fingerprint density at radius 2 is 1.19 bits per heavy atom. The molecule has 1 aliphatic carbocycles. The average molecular weight is 637 g/mol. The lowest BCUT2D eigenvalue weighted by Crippen LogP contribution is -2.37. The van der Waals surface area contributed by atoms with Crippen molar-refractivity contribution in [2.75, 3.05) is 27.3 Å². The van der Waals surface area contributed by atoms with Crippen molar-refractivity contribution in [3.8, 4) is 11.5 Å². The highest BCUT2D eigenvalue weighted by Crippen LogP contribution is 2.50. The highest BCUT2D eigenvalue weighted by Gasteiger charge is 2.45. The van der Waals surface area contributed by atoms with Gasteiger partial charge in [0.1, 0.15) is 23.0 Å². The van der Waals surface area contributed by atoms with E-state index in [9.17, 15) is 18.4 Å². The van der Waals surface area contributed by atoms with Gasteiger partial charge in [-0.2, -0.15) is 0 Å². The maximum atomic E-state index is 14.2. The van der Waals surface area contributed by atoms with Gasteiger partial charge in [-0.1, -0.05) is 49.0 Å². The van der Waals surface area contributed by atoms with E-state index in [-0.39, 0.29) is 11.8 Å². The molecule has 3 aliphatic rings. The van der Waals surface area contributed by atoms with Gasteiger partial charge in [-0.05, 0) is 96.0 Å². The van der Waals surface area contributed by atoms with Crippen molar-refractivity contribution in [2.45, 2.75) is 44.4 Å². The van der Waals surface area contributed by atoms with E-state index in [1.165, 1.54) is 0 Å². The summed E-state index contributed by atoms with van der Waals surface area (Å²) in [6.45, 7) is 5.73. The molecule has 1 saturated carbocycles. The van der Waals surface area contributed by atoms with Gasteiger partial charge in [-0.15, -0.1) is 0 Å². The number of hydrogen-bond donors (Lipinski definition) is 0. The zero-order valence-electron chi connectivity index (χ0n) is 26.7. The lowest BCUT2D eigenvalue weighted by Gasteiger charge is -2.29. The second-order valence-electron chi connectivity index (χ2n) is 12.3. The number of amides is 2. The molecule has 0 spiro atoms. The predicted molar refractivity (Wildman–Crippen MR) is 178 cm³/mol. The molecule has 0 aromatic heterocycles. The van der Waals surface area contributed by atoms with E-state index in [1.807, 2.05) is 64.4 Å². The van der Waals surface area contributed by atoms with Gasteiger partial charge in [-0.3, -0.25) is 9.59 Å². The van der Waals surface area contributed by atoms with Gasteiger partial charge in [0.2, 0.25) is 0 Å². The zero-order chi connectivity index (χ0) is 33.1. The number of rotatable bonds is 8. The number of carbonyl (C=O) groups excluding carboxylic acids is 2. The molecule has 6 nitrogen and oxygen atoms in total. The third-order valence-corrected chi connectivity index (χ3v) is 9.13. The van der Waals surface area contributed by atoms with Crippen molar-refractivity contribution in [1.82, 2.24) is 9.80 Å². The molecule has 7 rings (SSSR count). The van der Waals surface area contributed by atoms with Crippen LogP contribution in [0, 0.1) is 0 Å². The highest BCUT2D eigenvalue weighted by molar-refractivity contribution is 5.97. The summed E-state index contributed by atoms with van der Waals surface area (Å²) in [7, 11) is 3.26. The van der Waals surface area contributed by atoms with Crippen LogP contribution >= 0.6 is 0 Å². The second kappa shape index (κ2) is 13.4. The van der Waals surface area contributed by atoms with E-state index in [4.69, 9.17) is 9.47 Å². The predicted octanol–water partition coefficient (Wildman–Crippen LogP) is 7.69.